The van der Waals surface area contributed by atoms with Crippen LogP contribution in [0.4, 0.5) is 5.69 Å². The van der Waals surface area contributed by atoms with Crippen LogP contribution < -0.4 is 10.6 Å². The van der Waals surface area contributed by atoms with Crippen molar-refractivity contribution in [3.05, 3.63) is 68.0 Å². The first-order valence-corrected chi connectivity index (χ1v) is 13.4. The lowest BCUT2D eigenvalue weighted by Gasteiger charge is -2.16. The fraction of sp³-hybridized carbons (Fsp3) is 0.333. The van der Waals surface area contributed by atoms with Crippen molar-refractivity contribution in [3.63, 3.8) is 0 Å². The number of carbonyl (C=O) groups is 2. The van der Waals surface area contributed by atoms with Gasteiger partial charge >= 0.3 is 0 Å². The van der Waals surface area contributed by atoms with Gasteiger partial charge in [-0.2, -0.15) is 0 Å². The molecule has 10 heteroatoms. The number of carbonyl (C=O) groups excluding carboxylic acids is 2. The van der Waals surface area contributed by atoms with Crippen molar-refractivity contribution in [1.29, 1.82) is 0 Å². The molecule has 3 aromatic rings. The van der Waals surface area contributed by atoms with Crippen molar-refractivity contribution in [2.24, 2.45) is 0 Å². The van der Waals surface area contributed by atoms with Crippen LogP contribution in [-0.4, -0.2) is 32.3 Å². The quantitative estimate of drug-likeness (QED) is 0.232. The number of hydrogen-bond donors (Lipinski definition) is 2. The Kier molecular flexibility index (Phi) is 9.38. The van der Waals surface area contributed by atoms with Gasteiger partial charge in [0.15, 0.2) is 11.0 Å². The molecule has 7 nitrogen and oxygen atoms in total. The Morgan fingerprint density at radius 2 is 1.88 bits per heavy atom. The number of amides is 2. The summed E-state index contributed by atoms with van der Waals surface area (Å²) in [6, 6.07) is 12.5. The minimum atomic E-state index is -0.389. The predicted molar refractivity (Wildman–Crippen MR) is 146 cm³/mol. The van der Waals surface area contributed by atoms with Gasteiger partial charge in [-0.3, -0.25) is 9.59 Å². The first-order valence-electron chi connectivity index (χ1n) is 10.9. The molecule has 2 N–H and O–H groups in total. The first kappa shape index (κ1) is 26.5. The summed E-state index contributed by atoms with van der Waals surface area (Å²) in [5.41, 5.74) is 2.34. The molecule has 2 amide bonds. The van der Waals surface area contributed by atoms with Gasteiger partial charge < -0.3 is 15.2 Å². The minimum Gasteiger partial charge on any atom is -0.342 e. The molecule has 0 aliphatic rings. The summed E-state index contributed by atoms with van der Waals surface area (Å²) in [5.74, 6) is 0.717. The number of hydrogen-bond acceptors (Lipinski definition) is 5. The largest absolute Gasteiger partial charge is 0.342 e. The zero-order valence-electron chi connectivity index (χ0n) is 19.4. The fourth-order valence-electron chi connectivity index (χ4n) is 3.45. The van der Waals surface area contributed by atoms with E-state index in [1.807, 2.05) is 30.5 Å². The van der Waals surface area contributed by atoms with Gasteiger partial charge in [0.05, 0.1) is 22.4 Å². The van der Waals surface area contributed by atoms with E-state index in [4.69, 9.17) is 11.6 Å². The number of rotatable bonds is 9. The fourth-order valence-corrected chi connectivity index (χ4v) is 5.00. The Labute approximate surface area is 222 Å². The minimum absolute atomic E-state index is 0.111. The van der Waals surface area contributed by atoms with Crippen molar-refractivity contribution >= 4 is 63.5 Å². The standard InChI is InChI=1S/C24H27ClIN5O2S/c1-5-31-22(15(4)27-23(33)17-8-6-7-9-19(17)25)29-30-24(31)34-13-21(32)28-20-11-10-16(26)12-18(20)14(2)3/h6-12,14-15H,5,13H2,1-4H3,(H,27,33)(H,28,32)/t15-/m1/s1. The Balaban J connectivity index is 1.66. The highest BCUT2D eigenvalue weighted by molar-refractivity contribution is 14.1. The Morgan fingerprint density at radius 3 is 2.56 bits per heavy atom. The summed E-state index contributed by atoms with van der Waals surface area (Å²) in [5, 5.41) is 15.5. The van der Waals surface area contributed by atoms with Crippen LogP contribution in [0.25, 0.3) is 0 Å². The molecule has 3 rings (SSSR count). The Morgan fingerprint density at radius 1 is 1.15 bits per heavy atom. The van der Waals surface area contributed by atoms with Crippen LogP contribution in [0, 0.1) is 3.57 Å². The number of nitrogens with zero attached hydrogens (tertiary/aromatic N) is 3. The van der Waals surface area contributed by atoms with Gasteiger partial charge in [0.25, 0.3) is 5.91 Å². The molecule has 0 saturated carbocycles. The lowest BCUT2D eigenvalue weighted by Crippen LogP contribution is -2.29. The third-order valence-corrected chi connectivity index (χ3v) is 7.12. The van der Waals surface area contributed by atoms with Gasteiger partial charge in [0.1, 0.15) is 0 Å². The molecule has 2 aromatic carbocycles. The SMILES string of the molecule is CCn1c(SCC(=O)Nc2ccc(I)cc2C(C)C)nnc1[C@@H](C)NC(=O)c1ccccc1Cl. The number of anilines is 1. The number of nitrogens with one attached hydrogen (secondary N) is 2. The van der Waals surface area contributed by atoms with Gasteiger partial charge in [-0.05, 0) is 78.3 Å². The number of aromatic nitrogens is 3. The van der Waals surface area contributed by atoms with E-state index in [1.165, 1.54) is 11.8 Å². The van der Waals surface area contributed by atoms with Gasteiger partial charge in [-0.25, -0.2) is 0 Å². The highest BCUT2D eigenvalue weighted by atomic mass is 127. The molecule has 0 bridgehead atoms. The molecule has 0 aliphatic heterocycles. The van der Waals surface area contributed by atoms with Crippen LogP contribution in [0.15, 0.2) is 47.6 Å². The van der Waals surface area contributed by atoms with E-state index in [0.29, 0.717) is 34.0 Å². The van der Waals surface area contributed by atoms with E-state index in [0.717, 1.165) is 14.8 Å². The average Bonchev–Trinajstić information content (AvgIpc) is 3.22. The van der Waals surface area contributed by atoms with E-state index in [-0.39, 0.29) is 23.6 Å². The Bertz CT molecular complexity index is 1180. The Hall–Kier alpha value is -2.11. The van der Waals surface area contributed by atoms with Crippen LogP contribution in [0.1, 0.15) is 61.4 Å². The molecular weight excluding hydrogens is 585 g/mol. The summed E-state index contributed by atoms with van der Waals surface area (Å²) in [6.07, 6.45) is 0. The van der Waals surface area contributed by atoms with E-state index >= 15 is 0 Å². The normalized spacial score (nSPS) is 12.0. The molecule has 0 fully saturated rings. The summed E-state index contributed by atoms with van der Waals surface area (Å²) in [4.78, 5) is 25.3. The monoisotopic (exact) mass is 611 g/mol. The number of thioether (sulfide) groups is 1. The number of benzene rings is 2. The highest BCUT2D eigenvalue weighted by Crippen LogP contribution is 2.27. The zero-order valence-corrected chi connectivity index (χ0v) is 23.2. The second-order valence-electron chi connectivity index (χ2n) is 7.98. The van der Waals surface area contributed by atoms with Crippen molar-refractivity contribution in [3.8, 4) is 0 Å². The molecular formula is C24H27ClIN5O2S. The molecule has 0 saturated heterocycles. The van der Waals surface area contributed by atoms with Crippen molar-refractivity contribution < 1.29 is 9.59 Å². The third kappa shape index (κ3) is 6.51. The molecule has 0 spiro atoms. The molecule has 34 heavy (non-hydrogen) atoms. The second kappa shape index (κ2) is 12.0. The van der Waals surface area contributed by atoms with Crippen molar-refractivity contribution in [1.82, 2.24) is 20.1 Å². The van der Waals surface area contributed by atoms with E-state index in [1.54, 1.807) is 24.3 Å². The van der Waals surface area contributed by atoms with Gasteiger partial charge in [-0.1, -0.05) is 49.3 Å². The smallest absolute Gasteiger partial charge is 0.253 e. The maximum absolute atomic E-state index is 12.7. The van der Waals surface area contributed by atoms with E-state index < -0.39 is 0 Å². The molecule has 0 radical (unpaired) electrons. The van der Waals surface area contributed by atoms with Crippen molar-refractivity contribution in [2.45, 2.75) is 51.4 Å². The third-order valence-electron chi connectivity index (χ3n) is 5.16. The van der Waals surface area contributed by atoms with Crippen LogP contribution in [0.2, 0.25) is 5.02 Å². The predicted octanol–water partition coefficient (Wildman–Crippen LogP) is 5.90. The second-order valence-corrected chi connectivity index (χ2v) is 10.6. The number of halogens is 2. The van der Waals surface area contributed by atoms with Gasteiger partial charge in [0.2, 0.25) is 5.91 Å². The summed E-state index contributed by atoms with van der Waals surface area (Å²) < 4.78 is 3.04. The summed E-state index contributed by atoms with van der Waals surface area (Å²) in [7, 11) is 0. The molecule has 0 unspecified atom stereocenters. The van der Waals surface area contributed by atoms with Crippen LogP contribution >= 0.6 is 46.0 Å². The molecule has 1 heterocycles. The lowest BCUT2D eigenvalue weighted by molar-refractivity contribution is -0.113. The van der Waals surface area contributed by atoms with Gasteiger partial charge in [0, 0.05) is 15.8 Å². The molecule has 1 atom stereocenters. The van der Waals surface area contributed by atoms with Crippen LogP contribution in [0.5, 0.6) is 0 Å². The van der Waals surface area contributed by atoms with E-state index in [9.17, 15) is 9.59 Å². The topological polar surface area (TPSA) is 88.9 Å². The van der Waals surface area contributed by atoms with Crippen LogP contribution in [0.3, 0.4) is 0 Å². The van der Waals surface area contributed by atoms with Gasteiger partial charge in [-0.15, -0.1) is 10.2 Å². The summed E-state index contributed by atoms with van der Waals surface area (Å²) >= 11 is 9.73. The van der Waals surface area contributed by atoms with Crippen LogP contribution in [-0.2, 0) is 11.3 Å². The summed E-state index contributed by atoms with van der Waals surface area (Å²) in [6.45, 7) is 8.63. The maximum atomic E-state index is 12.7. The highest BCUT2D eigenvalue weighted by Gasteiger charge is 2.21. The van der Waals surface area contributed by atoms with E-state index in [2.05, 4.69) is 63.3 Å². The molecule has 180 valence electrons. The van der Waals surface area contributed by atoms with Crippen molar-refractivity contribution in [2.75, 3.05) is 11.1 Å². The zero-order chi connectivity index (χ0) is 24.8. The average molecular weight is 612 g/mol. The maximum Gasteiger partial charge on any atom is 0.253 e. The molecule has 0 aliphatic carbocycles. The first-order chi connectivity index (χ1) is 16.2. The lowest BCUT2D eigenvalue weighted by atomic mass is 10.0. The molecule has 1 aromatic heterocycles.